The average Bonchev–Trinajstić information content (AvgIpc) is 4.01. The van der Waals surface area contributed by atoms with E-state index in [1.54, 1.807) is 12.1 Å². The van der Waals surface area contributed by atoms with E-state index in [1.807, 2.05) is 10.8 Å². The third-order valence-corrected chi connectivity index (χ3v) is 13.6. The smallest absolute Gasteiger partial charge is 0.373 e. The maximum Gasteiger partial charge on any atom is 1.00 e. The first-order valence-electron chi connectivity index (χ1n) is 18.9. The van der Waals surface area contributed by atoms with Crippen molar-refractivity contribution in [2.24, 2.45) is 28.8 Å². The van der Waals surface area contributed by atoms with Gasteiger partial charge in [0.2, 0.25) is 0 Å². The van der Waals surface area contributed by atoms with Crippen LogP contribution >= 0.6 is 22.7 Å². The van der Waals surface area contributed by atoms with Crippen LogP contribution in [0.2, 0.25) is 0 Å². The molecule has 0 N–H and O–H groups in total. The molecule has 0 spiro atoms. The molecule has 0 bridgehead atoms. The zero-order valence-electron chi connectivity index (χ0n) is 33.0. The zero-order chi connectivity index (χ0) is 42.5. The van der Waals surface area contributed by atoms with Crippen LogP contribution in [0.5, 0.6) is 0 Å². The van der Waals surface area contributed by atoms with Crippen LogP contribution in [0.3, 0.4) is 0 Å². The van der Waals surface area contributed by atoms with E-state index in [2.05, 4.69) is 29.6 Å². The maximum atomic E-state index is 12.9. The van der Waals surface area contributed by atoms with Gasteiger partial charge in [-0.3, -0.25) is 18.9 Å². The number of alkyl halides is 6. The molecule has 2 aliphatic heterocycles. The number of hydrogen-bond donors (Lipinski definition) is 0. The van der Waals surface area contributed by atoms with Crippen molar-refractivity contribution in [3.63, 3.8) is 0 Å². The molecule has 2 unspecified atom stereocenters. The van der Waals surface area contributed by atoms with Crippen LogP contribution in [-0.2, 0) is 26.7 Å². The molecule has 4 aliphatic rings. The molecule has 23 heteroatoms. The van der Waals surface area contributed by atoms with E-state index in [-0.39, 0.29) is 36.2 Å². The minimum Gasteiger partial charge on any atom is -0.373 e. The number of hydrogen-bond acceptors (Lipinski definition) is 10. The van der Waals surface area contributed by atoms with E-state index in [1.165, 1.54) is 45.8 Å². The molecule has 13 nitrogen and oxygen atoms in total. The molecule has 4 heterocycles. The number of anilines is 2. The van der Waals surface area contributed by atoms with Gasteiger partial charge in [-0.15, -0.1) is 22.7 Å². The van der Waals surface area contributed by atoms with Crippen LogP contribution in [0.4, 0.5) is 37.7 Å². The molecule has 320 valence electrons. The second-order valence-electron chi connectivity index (χ2n) is 15.2. The van der Waals surface area contributed by atoms with Crippen LogP contribution in [0.1, 0.15) is 24.0 Å². The Morgan fingerprint density at radius 1 is 0.717 bits per heavy atom. The summed E-state index contributed by atoms with van der Waals surface area (Å²) in [5.41, 5.74) is 22.7. The minimum atomic E-state index is -4.32. The zero-order valence-corrected chi connectivity index (χ0v) is 37.5. The molecule has 2 aromatic heterocycles. The van der Waals surface area contributed by atoms with E-state index >= 15 is 0 Å². The Morgan fingerprint density at radius 2 is 1.13 bits per heavy atom. The summed E-state index contributed by atoms with van der Waals surface area (Å²) >= 11 is 2.72. The Balaban J connectivity index is 0.000000211. The minimum absolute atomic E-state index is 0. The number of halogens is 6. The fraction of sp³-hybridized carbons (Fsp3) is 0.568. The number of thiophene rings is 2. The third kappa shape index (κ3) is 13.0. The van der Waals surface area contributed by atoms with E-state index in [0.717, 1.165) is 113 Å². The molecule has 60 heavy (non-hydrogen) atoms. The molecule has 2 aromatic carbocycles. The summed E-state index contributed by atoms with van der Waals surface area (Å²) in [5, 5.41) is 9.34. The normalized spacial score (nSPS) is 22.1. The molecule has 0 radical (unpaired) electrons. The molecule has 2 aliphatic carbocycles. The van der Waals surface area contributed by atoms with Gasteiger partial charge in [-0.1, -0.05) is 17.2 Å². The molecular weight excluding hydrogens is 866 g/mol. The summed E-state index contributed by atoms with van der Waals surface area (Å²) in [4.78, 5) is 13.6. The van der Waals surface area contributed by atoms with Gasteiger partial charge >= 0.3 is 41.9 Å². The predicted octanol–water partition coefficient (Wildman–Crippen LogP) is 6.51. The van der Waals surface area contributed by atoms with Gasteiger partial charge in [0.15, 0.2) is 0 Å². The van der Waals surface area contributed by atoms with Crippen LogP contribution in [0, 0.1) is 23.7 Å². The summed E-state index contributed by atoms with van der Waals surface area (Å²) in [5.74, 6) is 1.95. The first kappa shape index (κ1) is 48.0. The summed E-state index contributed by atoms with van der Waals surface area (Å²) in [6, 6.07) is 7.97. The second-order valence-corrected chi connectivity index (χ2v) is 18.7. The number of azide groups is 1. The van der Waals surface area contributed by atoms with Crippen molar-refractivity contribution in [1.82, 2.24) is 9.80 Å². The predicted molar refractivity (Wildman–Crippen MR) is 219 cm³/mol. The van der Waals surface area contributed by atoms with E-state index < -0.39 is 33.6 Å². The first-order valence-corrected chi connectivity index (χ1v) is 22.5. The fourth-order valence-electron chi connectivity index (χ4n) is 7.72. The Kier molecular flexibility index (Phi) is 16.4. The Bertz CT molecular complexity index is 2270. The number of benzene rings is 2. The molecule has 4 fully saturated rings. The van der Waals surface area contributed by atoms with Gasteiger partial charge < -0.3 is 20.9 Å². The Morgan fingerprint density at radius 3 is 1.53 bits per heavy atom. The van der Waals surface area contributed by atoms with Crippen molar-refractivity contribution in [3.8, 4) is 0 Å². The maximum absolute atomic E-state index is 12.9. The molecular formula is C37H43F6N10NaO3S3. The number of rotatable bonds is 11. The summed E-state index contributed by atoms with van der Waals surface area (Å²) in [7, 11) is -3.38. The SMILES string of the molecule is CS(=O)(=O)OC[C@@H]1CC1CN1CCN(c2csc3cc(C(F)(F)F)ccc23)CC1.[N-]=[N+]=NC[C@@H]1CC1CN1CCN(c2csc3cc(C(F)(F)F)ccc23)CC1.[N-]=[N+]=[N-].[Na+]. The monoisotopic (exact) mass is 908 g/mol. The number of fused-ring (bicyclic) bond motifs is 2. The van der Waals surface area contributed by atoms with Gasteiger partial charge in [-0.05, 0) is 66.3 Å². The molecule has 4 atom stereocenters. The van der Waals surface area contributed by atoms with Crippen molar-refractivity contribution in [1.29, 1.82) is 0 Å². The van der Waals surface area contributed by atoms with Crippen molar-refractivity contribution in [2.45, 2.75) is 25.2 Å². The summed E-state index contributed by atoms with van der Waals surface area (Å²) in [6.07, 6.45) is -5.43. The topological polar surface area (TPSA) is 164 Å². The van der Waals surface area contributed by atoms with Crippen molar-refractivity contribution in [2.75, 3.05) is 94.7 Å². The van der Waals surface area contributed by atoms with Crippen LogP contribution < -0.4 is 39.4 Å². The summed E-state index contributed by atoms with van der Waals surface area (Å²) < 4.78 is 106. The van der Waals surface area contributed by atoms with Gasteiger partial charge in [-0.2, -0.15) is 34.8 Å². The summed E-state index contributed by atoms with van der Waals surface area (Å²) in [6.45, 7) is 9.90. The van der Waals surface area contributed by atoms with E-state index in [0.29, 0.717) is 39.6 Å². The molecule has 0 amide bonds. The van der Waals surface area contributed by atoms with Crippen LogP contribution in [0.25, 0.3) is 46.6 Å². The van der Waals surface area contributed by atoms with Crippen molar-refractivity contribution >= 4 is 64.3 Å². The first-order chi connectivity index (χ1) is 28.0. The molecule has 2 saturated carbocycles. The second kappa shape index (κ2) is 20.4. The van der Waals surface area contributed by atoms with Crippen molar-refractivity contribution < 1.29 is 68.5 Å². The average molecular weight is 909 g/mol. The number of piperazine rings is 2. The number of nitrogens with zero attached hydrogens (tertiary/aromatic N) is 10. The Labute approximate surface area is 373 Å². The van der Waals surface area contributed by atoms with Gasteiger partial charge in [0, 0.05) is 108 Å². The molecule has 2 saturated heterocycles. The third-order valence-electron chi connectivity index (χ3n) is 11.2. The molecule has 8 rings (SSSR count). The van der Waals surface area contributed by atoms with Gasteiger partial charge in [0.1, 0.15) is 0 Å². The van der Waals surface area contributed by atoms with E-state index in [4.69, 9.17) is 20.8 Å². The molecule has 4 aromatic rings. The Hall–Kier alpha value is -3.01. The van der Waals surface area contributed by atoms with E-state index in [9.17, 15) is 34.8 Å². The fourth-order valence-corrected chi connectivity index (χ4v) is 10.2. The van der Waals surface area contributed by atoms with Crippen LogP contribution in [0.15, 0.2) is 52.3 Å². The van der Waals surface area contributed by atoms with Gasteiger partial charge in [0.05, 0.1) is 35.4 Å². The van der Waals surface area contributed by atoms with Gasteiger partial charge in [0.25, 0.3) is 10.1 Å². The van der Waals surface area contributed by atoms with Gasteiger partial charge in [-0.25, -0.2) is 0 Å². The largest absolute Gasteiger partial charge is 1.00 e. The van der Waals surface area contributed by atoms with Crippen LogP contribution in [-0.4, -0.2) is 103 Å². The quantitative estimate of drug-likeness (QED) is 0.0414. The standard InChI is InChI=1S/C19H23F3N2O3S2.C18H20F3N5S.N3.Na/c1-29(25,26)27-11-14-8-13(14)10-23-4-6-24(7-5-23)17-12-28-18-9-15(19(20,21)22)2-3-16(17)18;19-18(20,21)14-1-2-15-16(11-27-17(15)8-14)26-5-3-25(4-6-26)10-13-7-12(13)9-23-24-22;1-3-2;/h2-3,9,12-14H,4-8,10-11H2,1H3;1-2,8,11-13H,3-7,9-10H2;;/q;;-1;+1/t13?,14-;12-,13?;;/m00../s1. The van der Waals surface area contributed by atoms with Crippen molar-refractivity contribution in [3.05, 3.63) is 84.7 Å².